The second kappa shape index (κ2) is 12.8. The molecular weight excluding hydrogens is 688 g/mol. The molecule has 0 saturated carbocycles. The number of ether oxygens (including phenoxy) is 1. The quantitative estimate of drug-likeness (QED) is 0.187. The monoisotopic (exact) mass is 708 g/mol. The van der Waals surface area contributed by atoms with Crippen molar-refractivity contribution < 1.29 is 27.9 Å². The molecule has 210 valence electrons. The third-order valence-electron chi connectivity index (χ3n) is 4.77. The van der Waals surface area contributed by atoms with E-state index < -0.39 is 21.8 Å². The predicted octanol–water partition coefficient (Wildman–Crippen LogP) is 1.39. The van der Waals surface area contributed by atoms with Gasteiger partial charge < -0.3 is 20.1 Å². The van der Waals surface area contributed by atoms with E-state index in [1.807, 2.05) is 6.26 Å². The van der Waals surface area contributed by atoms with E-state index in [0.717, 1.165) is 4.47 Å². The number of nitrogens with zero attached hydrogens (tertiary/aromatic N) is 9. The van der Waals surface area contributed by atoms with Crippen molar-refractivity contribution in [3.05, 3.63) is 21.3 Å². The smallest absolute Gasteiger partial charge is 0.325 e. The lowest BCUT2D eigenvalue weighted by Crippen LogP contribution is -2.28. The van der Waals surface area contributed by atoms with Crippen LogP contribution < -0.4 is 10.2 Å². The number of sulfone groups is 1. The van der Waals surface area contributed by atoms with Gasteiger partial charge in [0.15, 0.2) is 16.5 Å². The highest BCUT2D eigenvalue weighted by Gasteiger charge is 2.21. The van der Waals surface area contributed by atoms with E-state index >= 15 is 0 Å². The highest BCUT2D eigenvalue weighted by atomic mass is 79.9. The minimum Gasteiger partial charge on any atom is -0.480 e. The standard InChI is InChI=1S/C10H12BrN5O4S.C9H10BrN5O2S/c1-3-21(18,19)10-14-8-6(11)4-13-16(8)9(15-10)12-5-7(17)20-2;1-14(4-6(16)17)9-13-8(18-2)12-7-5(10)3-11-15(7)9/h4H,3,5H2,1-2H3,(H,12,14,15);3H,4H2,1-2H3,(H,16,17). The summed E-state index contributed by atoms with van der Waals surface area (Å²) >= 11 is 7.96. The molecule has 0 aromatic carbocycles. The zero-order valence-electron chi connectivity index (χ0n) is 20.9. The van der Waals surface area contributed by atoms with Gasteiger partial charge in [-0.15, -0.1) is 0 Å². The average Bonchev–Trinajstić information content (AvgIpc) is 3.48. The highest BCUT2D eigenvalue weighted by Crippen LogP contribution is 2.23. The molecule has 0 atom stereocenters. The fraction of sp³-hybridized carbons (Fsp3) is 0.368. The number of hydrogen-bond donors (Lipinski definition) is 2. The molecule has 4 aromatic heterocycles. The molecule has 0 amide bonds. The first-order chi connectivity index (χ1) is 18.4. The van der Waals surface area contributed by atoms with Crippen LogP contribution in [0.5, 0.6) is 0 Å². The Hall–Kier alpha value is -3.10. The maximum Gasteiger partial charge on any atom is 0.325 e. The number of aromatic nitrogens is 8. The Labute approximate surface area is 242 Å². The predicted molar refractivity (Wildman–Crippen MR) is 148 cm³/mol. The van der Waals surface area contributed by atoms with Crippen LogP contribution in [0, 0.1) is 0 Å². The fourth-order valence-electron chi connectivity index (χ4n) is 2.87. The average molecular weight is 710 g/mol. The van der Waals surface area contributed by atoms with Crippen LogP contribution in [0.15, 0.2) is 31.7 Å². The van der Waals surface area contributed by atoms with Crippen LogP contribution >= 0.6 is 43.6 Å². The summed E-state index contributed by atoms with van der Waals surface area (Å²) in [6.07, 6.45) is 4.92. The number of nitrogens with one attached hydrogen (secondary N) is 1. The van der Waals surface area contributed by atoms with Gasteiger partial charge >= 0.3 is 11.9 Å². The summed E-state index contributed by atoms with van der Waals surface area (Å²) < 4.78 is 32.4. The number of carbonyl (C=O) groups excluding carboxylic acids is 1. The minimum absolute atomic E-state index is 0.0862. The molecule has 2 N–H and O–H groups in total. The number of methoxy groups -OCH3 is 1. The summed E-state index contributed by atoms with van der Waals surface area (Å²) in [4.78, 5) is 39.9. The van der Waals surface area contributed by atoms with Crippen molar-refractivity contribution in [1.29, 1.82) is 0 Å². The number of esters is 1. The summed E-state index contributed by atoms with van der Waals surface area (Å²) in [6.45, 7) is 1.17. The fourth-order valence-corrected chi connectivity index (χ4v) is 4.62. The van der Waals surface area contributed by atoms with Gasteiger partial charge in [-0.1, -0.05) is 18.7 Å². The lowest BCUT2D eigenvalue weighted by Gasteiger charge is -2.16. The minimum atomic E-state index is -3.59. The third-order valence-corrected chi connectivity index (χ3v) is 7.93. The summed E-state index contributed by atoms with van der Waals surface area (Å²) in [5, 5.41) is 19.9. The molecule has 4 heterocycles. The molecule has 0 saturated heterocycles. The summed E-state index contributed by atoms with van der Waals surface area (Å²) in [7, 11) is -0.696. The first-order valence-corrected chi connectivity index (χ1v) is 15.2. The topological polar surface area (TPSA) is 199 Å². The van der Waals surface area contributed by atoms with Crippen LogP contribution in [0.25, 0.3) is 11.3 Å². The number of carbonyl (C=O) groups is 2. The Morgan fingerprint density at radius 1 is 1.10 bits per heavy atom. The maximum absolute atomic E-state index is 11.9. The van der Waals surface area contributed by atoms with E-state index in [0.29, 0.717) is 21.2 Å². The van der Waals surface area contributed by atoms with Crippen LogP contribution in [-0.4, -0.2) is 104 Å². The molecule has 39 heavy (non-hydrogen) atoms. The number of aliphatic carboxylic acids is 1. The van der Waals surface area contributed by atoms with Crippen LogP contribution in [0.3, 0.4) is 0 Å². The van der Waals surface area contributed by atoms with Gasteiger partial charge in [-0.3, -0.25) is 9.59 Å². The number of rotatable bonds is 9. The van der Waals surface area contributed by atoms with E-state index in [-0.39, 0.29) is 35.6 Å². The lowest BCUT2D eigenvalue weighted by atomic mass is 10.6. The summed E-state index contributed by atoms with van der Waals surface area (Å²) in [5.74, 6) is -1.06. The van der Waals surface area contributed by atoms with Crippen LogP contribution in [0.4, 0.5) is 11.9 Å². The zero-order chi connectivity index (χ0) is 28.9. The molecular formula is C19H22Br2N10O6S2. The van der Waals surface area contributed by atoms with Crippen molar-refractivity contribution in [2.45, 2.75) is 17.2 Å². The third kappa shape index (κ3) is 7.11. The number of thioether (sulfide) groups is 1. The molecule has 16 nitrogen and oxygen atoms in total. The molecule has 0 unspecified atom stereocenters. The molecule has 20 heteroatoms. The molecule has 4 rings (SSSR count). The van der Waals surface area contributed by atoms with Crippen LogP contribution in [-0.2, 0) is 24.2 Å². The van der Waals surface area contributed by atoms with Gasteiger partial charge in [0.05, 0.1) is 34.2 Å². The number of anilines is 2. The number of likely N-dealkylation sites (N-methyl/N-ethyl adjacent to an activating group) is 1. The molecule has 0 fully saturated rings. The molecule has 0 aliphatic rings. The second-order valence-electron chi connectivity index (χ2n) is 7.38. The first kappa shape index (κ1) is 30.4. The van der Waals surface area contributed by atoms with Gasteiger partial charge in [-0.25, -0.2) is 13.4 Å². The van der Waals surface area contributed by atoms with Crippen molar-refractivity contribution in [2.24, 2.45) is 0 Å². The summed E-state index contributed by atoms with van der Waals surface area (Å²) in [6, 6.07) is 0. The van der Waals surface area contributed by atoms with Crippen molar-refractivity contribution in [2.75, 3.05) is 49.5 Å². The Morgan fingerprint density at radius 2 is 1.72 bits per heavy atom. The largest absolute Gasteiger partial charge is 0.480 e. The van der Waals surface area contributed by atoms with Gasteiger partial charge in [0.2, 0.25) is 21.7 Å². The summed E-state index contributed by atoms with van der Waals surface area (Å²) in [5.41, 5.74) is 0.894. The SMILES string of the molecule is CCS(=O)(=O)c1nc(NCC(=O)OC)n2ncc(Br)c2n1.CSc1nc(N(C)CC(=O)O)n2ncc(Br)c2n1. The molecule has 0 aliphatic carbocycles. The number of fused-ring (bicyclic) bond motifs is 2. The van der Waals surface area contributed by atoms with E-state index in [1.54, 1.807) is 13.2 Å². The van der Waals surface area contributed by atoms with E-state index in [1.165, 1.54) is 45.9 Å². The van der Waals surface area contributed by atoms with E-state index in [9.17, 15) is 18.0 Å². The van der Waals surface area contributed by atoms with Crippen molar-refractivity contribution >= 4 is 88.6 Å². The molecule has 0 spiro atoms. The Morgan fingerprint density at radius 3 is 2.28 bits per heavy atom. The maximum atomic E-state index is 11.9. The number of halogens is 2. The lowest BCUT2D eigenvalue weighted by molar-refractivity contribution is -0.138. The van der Waals surface area contributed by atoms with Gasteiger partial charge in [-0.2, -0.15) is 34.2 Å². The van der Waals surface area contributed by atoms with Crippen molar-refractivity contribution in [3.8, 4) is 0 Å². The van der Waals surface area contributed by atoms with Gasteiger partial charge in [-0.05, 0) is 38.1 Å². The normalized spacial score (nSPS) is 11.2. The van der Waals surface area contributed by atoms with Crippen LogP contribution in [0.2, 0.25) is 0 Å². The van der Waals surface area contributed by atoms with Gasteiger partial charge in [0.25, 0.3) is 5.16 Å². The number of carboxylic acid groups (broad SMARTS) is 1. The van der Waals surface area contributed by atoms with Gasteiger partial charge in [0, 0.05) is 7.05 Å². The van der Waals surface area contributed by atoms with Crippen molar-refractivity contribution in [3.63, 3.8) is 0 Å². The van der Waals surface area contributed by atoms with Crippen LogP contribution in [0.1, 0.15) is 6.92 Å². The van der Waals surface area contributed by atoms with Gasteiger partial charge in [0.1, 0.15) is 13.1 Å². The molecule has 4 aromatic rings. The highest BCUT2D eigenvalue weighted by molar-refractivity contribution is 9.11. The Bertz CT molecular complexity index is 1630. The Balaban J connectivity index is 0.000000218. The molecule has 0 aliphatic heterocycles. The molecule has 0 radical (unpaired) electrons. The van der Waals surface area contributed by atoms with E-state index in [2.05, 4.69) is 72.0 Å². The Kier molecular flexibility index (Phi) is 10.0. The van der Waals surface area contributed by atoms with E-state index in [4.69, 9.17) is 5.11 Å². The number of hydrogen-bond acceptors (Lipinski definition) is 14. The van der Waals surface area contributed by atoms with Crippen molar-refractivity contribution in [1.82, 2.24) is 39.2 Å². The molecule has 0 bridgehead atoms. The first-order valence-electron chi connectivity index (χ1n) is 10.7. The second-order valence-corrected chi connectivity index (χ2v) is 12.0. The zero-order valence-corrected chi connectivity index (χ0v) is 25.7. The number of carboxylic acids is 1.